The Hall–Kier alpha value is -1.95. The predicted molar refractivity (Wildman–Crippen MR) is 76.5 cm³/mol. The van der Waals surface area contributed by atoms with Crippen LogP contribution in [0.1, 0.15) is 13.8 Å². The lowest BCUT2D eigenvalue weighted by Gasteiger charge is -2.29. The maximum atomic E-state index is 11.4. The van der Waals surface area contributed by atoms with Crippen molar-refractivity contribution in [3.8, 4) is 11.5 Å². The maximum absolute atomic E-state index is 11.4. The Labute approximate surface area is 124 Å². The van der Waals surface area contributed by atoms with Gasteiger partial charge < -0.3 is 24.6 Å². The van der Waals surface area contributed by atoms with Crippen LogP contribution in [0.4, 0.5) is 4.79 Å². The Morgan fingerprint density at radius 1 is 1.43 bits per heavy atom. The smallest absolute Gasteiger partial charge is 0.407 e. The van der Waals surface area contributed by atoms with Crippen LogP contribution in [-0.2, 0) is 4.74 Å². The zero-order valence-corrected chi connectivity index (χ0v) is 12.2. The lowest BCUT2D eigenvalue weighted by atomic mass is 10.2. The highest BCUT2D eigenvalue weighted by Crippen LogP contribution is 2.31. The molecule has 2 atom stereocenters. The molecule has 6 nitrogen and oxygen atoms in total. The number of hydrogen-bond acceptors (Lipinski definition) is 5. The summed E-state index contributed by atoms with van der Waals surface area (Å²) >= 11 is 0. The van der Waals surface area contributed by atoms with Crippen LogP contribution in [0.15, 0.2) is 24.3 Å². The van der Waals surface area contributed by atoms with Gasteiger partial charge in [0.25, 0.3) is 0 Å². The number of aliphatic hydroxyl groups excluding tert-OH is 1. The normalized spacial score (nSPS) is 18.2. The van der Waals surface area contributed by atoms with Crippen LogP contribution in [0, 0.1) is 5.92 Å². The third kappa shape index (κ3) is 4.53. The van der Waals surface area contributed by atoms with Crippen LogP contribution in [0.2, 0.25) is 0 Å². The van der Waals surface area contributed by atoms with E-state index in [1.165, 1.54) is 0 Å². The molecule has 0 saturated carbocycles. The van der Waals surface area contributed by atoms with Gasteiger partial charge in [0.05, 0.1) is 0 Å². The number of nitrogens with one attached hydrogen (secondary N) is 1. The van der Waals surface area contributed by atoms with Gasteiger partial charge in [-0.25, -0.2) is 4.79 Å². The SMILES string of the molecule is CC(C)CNC(=O)OCC(O)C1COc2ccccc2O1. The Morgan fingerprint density at radius 2 is 2.14 bits per heavy atom. The van der Waals surface area contributed by atoms with Gasteiger partial charge in [-0.15, -0.1) is 0 Å². The van der Waals surface area contributed by atoms with Gasteiger partial charge in [-0.1, -0.05) is 26.0 Å². The van der Waals surface area contributed by atoms with Gasteiger partial charge >= 0.3 is 6.09 Å². The monoisotopic (exact) mass is 295 g/mol. The van der Waals surface area contributed by atoms with Gasteiger partial charge in [0.15, 0.2) is 17.6 Å². The van der Waals surface area contributed by atoms with Crippen LogP contribution in [0.25, 0.3) is 0 Å². The van der Waals surface area contributed by atoms with Crippen LogP contribution in [0.5, 0.6) is 11.5 Å². The lowest BCUT2D eigenvalue weighted by molar-refractivity contribution is -0.0380. The van der Waals surface area contributed by atoms with Crippen molar-refractivity contribution in [1.82, 2.24) is 5.32 Å². The predicted octanol–water partition coefficient (Wildman–Crippen LogP) is 1.57. The summed E-state index contributed by atoms with van der Waals surface area (Å²) in [5.74, 6) is 1.57. The van der Waals surface area contributed by atoms with Crippen molar-refractivity contribution in [3.63, 3.8) is 0 Å². The molecule has 1 aromatic rings. The summed E-state index contributed by atoms with van der Waals surface area (Å²) in [4.78, 5) is 11.4. The first-order valence-electron chi connectivity index (χ1n) is 7.03. The number of alkyl carbamates (subject to hydrolysis) is 1. The minimum atomic E-state index is -0.942. The number of carbonyl (C=O) groups excluding carboxylic acids is 1. The molecule has 1 amide bonds. The van der Waals surface area contributed by atoms with Gasteiger partial charge in [0, 0.05) is 6.54 Å². The van der Waals surface area contributed by atoms with Gasteiger partial charge in [-0.05, 0) is 18.1 Å². The Kier molecular flexibility index (Phi) is 5.27. The van der Waals surface area contributed by atoms with Crippen molar-refractivity contribution in [3.05, 3.63) is 24.3 Å². The molecule has 1 aromatic carbocycles. The van der Waals surface area contributed by atoms with Crippen molar-refractivity contribution in [2.75, 3.05) is 19.8 Å². The molecular weight excluding hydrogens is 274 g/mol. The third-order valence-electron chi connectivity index (χ3n) is 3.00. The molecule has 0 aliphatic carbocycles. The van der Waals surface area contributed by atoms with Gasteiger partial charge in [0.1, 0.15) is 19.3 Å². The summed E-state index contributed by atoms with van der Waals surface area (Å²) in [6.07, 6.45) is -2.04. The quantitative estimate of drug-likeness (QED) is 0.862. The van der Waals surface area contributed by atoms with E-state index in [0.29, 0.717) is 24.0 Å². The van der Waals surface area contributed by atoms with Crippen molar-refractivity contribution < 1.29 is 24.1 Å². The minimum Gasteiger partial charge on any atom is -0.486 e. The first-order chi connectivity index (χ1) is 10.1. The van der Waals surface area contributed by atoms with E-state index < -0.39 is 18.3 Å². The van der Waals surface area contributed by atoms with E-state index in [1.54, 1.807) is 12.1 Å². The van der Waals surface area contributed by atoms with E-state index in [1.807, 2.05) is 26.0 Å². The van der Waals surface area contributed by atoms with E-state index >= 15 is 0 Å². The Bertz CT molecular complexity index is 477. The van der Waals surface area contributed by atoms with Gasteiger partial charge in [-0.3, -0.25) is 0 Å². The summed E-state index contributed by atoms with van der Waals surface area (Å²) in [6, 6.07) is 7.24. The van der Waals surface area contributed by atoms with E-state index in [-0.39, 0.29) is 13.2 Å². The summed E-state index contributed by atoms with van der Waals surface area (Å²) in [5.41, 5.74) is 0. The first-order valence-corrected chi connectivity index (χ1v) is 7.03. The van der Waals surface area contributed by atoms with Crippen LogP contribution in [0.3, 0.4) is 0 Å². The largest absolute Gasteiger partial charge is 0.486 e. The zero-order valence-electron chi connectivity index (χ0n) is 12.2. The molecule has 1 aliphatic rings. The lowest BCUT2D eigenvalue weighted by Crippen LogP contribution is -2.43. The fourth-order valence-corrected chi connectivity index (χ4v) is 1.83. The molecule has 0 radical (unpaired) electrons. The average molecular weight is 295 g/mol. The highest BCUT2D eigenvalue weighted by Gasteiger charge is 2.28. The Balaban J connectivity index is 1.77. The second-order valence-corrected chi connectivity index (χ2v) is 5.35. The number of rotatable bonds is 5. The van der Waals surface area contributed by atoms with Crippen LogP contribution < -0.4 is 14.8 Å². The third-order valence-corrected chi connectivity index (χ3v) is 3.00. The number of fused-ring (bicyclic) bond motifs is 1. The molecule has 0 bridgehead atoms. The highest BCUT2D eigenvalue weighted by atomic mass is 16.6. The summed E-state index contributed by atoms with van der Waals surface area (Å²) < 4.78 is 16.1. The van der Waals surface area contributed by atoms with E-state index in [9.17, 15) is 9.90 Å². The minimum absolute atomic E-state index is 0.139. The molecule has 1 aliphatic heterocycles. The van der Waals surface area contributed by atoms with E-state index in [2.05, 4.69) is 5.32 Å². The molecule has 2 unspecified atom stereocenters. The molecule has 0 spiro atoms. The number of amides is 1. The van der Waals surface area contributed by atoms with Gasteiger partial charge in [0.2, 0.25) is 0 Å². The van der Waals surface area contributed by atoms with E-state index in [0.717, 1.165) is 0 Å². The number of aliphatic hydroxyl groups is 1. The van der Waals surface area contributed by atoms with Crippen LogP contribution in [-0.4, -0.2) is 43.2 Å². The van der Waals surface area contributed by atoms with E-state index in [4.69, 9.17) is 14.2 Å². The van der Waals surface area contributed by atoms with Crippen molar-refractivity contribution in [2.24, 2.45) is 5.92 Å². The fraction of sp³-hybridized carbons (Fsp3) is 0.533. The number of ether oxygens (including phenoxy) is 3. The maximum Gasteiger partial charge on any atom is 0.407 e. The topological polar surface area (TPSA) is 77.0 Å². The van der Waals surface area contributed by atoms with Crippen molar-refractivity contribution >= 4 is 6.09 Å². The molecule has 0 fully saturated rings. The molecular formula is C15H21NO5. The van der Waals surface area contributed by atoms with Gasteiger partial charge in [-0.2, -0.15) is 0 Å². The second kappa shape index (κ2) is 7.17. The molecule has 21 heavy (non-hydrogen) atoms. The van der Waals surface area contributed by atoms with Crippen LogP contribution >= 0.6 is 0 Å². The summed E-state index contributed by atoms with van der Waals surface area (Å²) in [7, 11) is 0. The second-order valence-electron chi connectivity index (χ2n) is 5.35. The molecule has 1 heterocycles. The summed E-state index contributed by atoms with van der Waals surface area (Å²) in [5, 5.41) is 12.6. The molecule has 2 rings (SSSR count). The zero-order chi connectivity index (χ0) is 15.2. The molecule has 116 valence electrons. The highest BCUT2D eigenvalue weighted by molar-refractivity contribution is 5.67. The summed E-state index contributed by atoms with van der Waals surface area (Å²) in [6.45, 7) is 4.58. The molecule has 6 heteroatoms. The fourth-order valence-electron chi connectivity index (χ4n) is 1.83. The molecule has 0 aromatic heterocycles. The standard InChI is InChI=1S/C15H21NO5/c1-10(2)7-16-15(18)20-8-11(17)14-9-19-12-5-3-4-6-13(12)21-14/h3-6,10-11,14,17H,7-9H2,1-2H3,(H,16,18). The number of para-hydroxylation sites is 2. The first kappa shape index (κ1) is 15.4. The van der Waals surface area contributed by atoms with Crippen molar-refractivity contribution in [1.29, 1.82) is 0 Å². The average Bonchev–Trinajstić information content (AvgIpc) is 2.50. The Morgan fingerprint density at radius 3 is 2.86 bits per heavy atom. The number of hydrogen-bond donors (Lipinski definition) is 2. The number of benzene rings is 1. The molecule has 0 saturated heterocycles. The molecule has 2 N–H and O–H groups in total. The van der Waals surface area contributed by atoms with Crippen molar-refractivity contribution in [2.45, 2.75) is 26.1 Å². The number of carbonyl (C=O) groups is 1.